The van der Waals surface area contributed by atoms with E-state index < -0.39 is 0 Å². The van der Waals surface area contributed by atoms with Crippen LogP contribution in [0.3, 0.4) is 0 Å². The fourth-order valence-electron chi connectivity index (χ4n) is 3.92. The topological polar surface area (TPSA) is 49.7 Å². The van der Waals surface area contributed by atoms with Crippen LogP contribution in [-0.2, 0) is 26.2 Å². The molecular weight excluding hydrogens is 460 g/mol. The molecule has 196 valence electrons. The molecule has 0 heterocycles. The molecule has 0 amide bonds. The van der Waals surface area contributed by atoms with Crippen molar-refractivity contribution >= 4 is 11.9 Å². The number of hydrogen-bond donors (Lipinski definition) is 0. The van der Waals surface area contributed by atoms with Crippen molar-refractivity contribution in [2.75, 3.05) is 14.1 Å². The Morgan fingerprint density at radius 2 is 1.24 bits per heavy atom. The molecule has 0 aromatic heterocycles. The van der Waals surface area contributed by atoms with Crippen LogP contribution in [0.5, 0.6) is 11.5 Å². The Morgan fingerprint density at radius 1 is 0.730 bits per heavy atom. The van der Waals surface area contributed by atoms with Gasteiger partial charge in [0.1, 0.15) is 0 Å². The van der Waals surface area contributed by atoms with E-state index in [0.717, 1.165) is 42.8 Å². The van der Waals surface area contributed by atoms with Gasteiger partial charge in [-0.15, -0.1) is 0 Å². The molecule has 0 saturated carbocycles. The maximum atomic E-state index is 5.96. The van der Waals surface area contributed by atoms with Gasteiger partial charge in [-0.05, 0) is 51.1 Å². The van der Waals surface area contributed by atoms with Crippen LogP contribution in [0.1, 0.15) is 55.9 Å². The first-order valence-corrected chi connectivity index (χ1v) is 13.0. The number of rotatable bonds is 14. The van der Waals surface area contributed by atoms with Gasteiger partial charge in [-0.25, -0.2) is 0 Å². The minimum Gasteiger partial charge on any atom is -0.357 e. The second-order valence-electron chi connectivity index (χ2n) is 9.44. The molecule has 0 aliphatic rings. The maximum Gasteiger partial charge on any atom is 0.166 e. The lowest BCUT2D eigenvalue weighted by atomic mass is 10.1. The van der Waals surface area contributed by atoms with Crippen LogP contribution >= 0.6 is 0 Å². The number of benzene rings is 3. The Kier molecular flexibility index (Phi) is 11.3. The molecule has 6 heteroatoms. The van der Waals surface area contributed by atoms with Gasteiger partial charge in [0.25, 0.3) is 0 Å². The highest BCUT2D eigenvalue weighted by molar-refractivity contribution is 5.81. The van der Waals surface area contributed by atoms with Crippen molar-refractivity contribution < 1.29 is 9.68 Å². The molecule has 0 aliphatic heterocycles. The first kappa shape index (κ1) is 28.1. The van der Waals surface area contributed by atoms with E-state index in [0.29, 0.717) is 24.6 Å². The van der Waals surface area contributed by atoms with Crippen molar-refractivity contribution in [1.29, 1.82) is 0 Å². The third-order valence-corrected chi connectivity index (χ3v) is 5.93. The van der Waals surface area contributed by atoms with Gasteiger partial charge in [-0.1, -0.05) is 84.8 Å². The average molecular weight is 501 g/mol. The van der Waals surface area contributed by atoms with Gasteiger partial charge in [0.05, 0.1) is 5.71 Å². The smallest absolute Gasteiger partial charge is 0.166 e. The van der Waals surface area contributed by atoms with Crippen LogP contribution in [0.15, 0.2) is 83.1 Å². The zero-order valence-corrected chi connectivity index (χ0v) is 22.9. The lowest BCUT2D eigenvalue weighted by Gasteiger charge is -2.22. The fraction of sp³-hybridized carbons (Fsp3) is 0.355. The van der Waals surface area contributed by atoms with Crippen LogP contribution in [0, 0.1) is 0 Å². The molecule has 0 radical (unpaired) electrons. The van der Waals surface area contributed by atoms with E-state index in [2.05, 4.69) is 95.7 Å². The lowest BCUT2D eigenvalue weighted by molar-refractivity contribution is 0.284. The van der Waals surface area contributed by atoms with Gasteiger partial charge >= 0.3 is 0 Å². The molecule has 0 spiro atoms. The van der Waals surface area contributed by atoms with E-state index in [-0.39, 0.29) is 0 Å². The number of oxime groups is 2. The summed E-state index contributed by atoms with van der Waals surface area (Å²) in [6.07, 6.45) is 3.39. The molecule has 0 bridgehead atoms. The van der Waals surface area contributed by atoms with Crippen molar-refractivity contribution in [3.8, 4) is 11.5 Å². The van der Waals surface area contributed by atoms with E-state index in [4.69, 9.17) is 9.68 Å². The summed E-state index contributed by atoms with van der Waals surface area (Å²) >= 11 is 0. The van der Waals surface area contributed by atoms with Crippen molar-refractivity contribution in [1.82, 2.24) is 9.80 Å². The van der Waals surface area contributed by atoms with Crippen LogP contribution < -0.4 is 9.68 Å². The average Bonchev–Trinajstić information content (AvgIpc) is 2.90. The Labute approximate surface area is 222 Å². The molecular formula is C31H40N4O2. The Balaban J connectivity index is 1.91. The highest BCUT2D eigenvalue weighted by Crippen LogP contribution is 2.32. The summed E-state index contributed by atoms with van der Waals surface area (Å²) in [6, 6.07) is 25.1. The van der Waals surface area contributed by atoms with E-state index in [1.807, 2.05) is 32.0 Å². The van der Waals surface area contributed by atoms with Crippen LogP contribution in [0.2, 0.25) is 0 Å². The quantitative estimate of drug-likeness (QED) is 0.179. The van der Waals surface area contributed by atoms with Crippen molar-refractivity contribution in [2.45, 2.75) is 59.8 Å². The van der Waals surface area contributed by atoms with Crippen molar-refractivity contribution in [2.24, 2.45) is 10.3 Å². The predicted molar refractivity (Wildman–Crippen MR) is 153 cm³/mol. The highest BCUT2D eigenvalue weighted by atomic mass is 16.6. The lowest BCUT2D eigenvalue weighted by Crippen LogP contribution is -2.20. The SMILES string of the molecule is CC/C=N/Oc1cc(O/N=C(\C)CC)c(CN(C)Cc2ccccc2)cc1CN(C)Cc1ccccc1. The summed E-state index contributed by atoms with van der Waals surface area (Å²) in [7, 11) is 4.24. The largest absolute Gasteiger partial charge is 0.357 e. The molecule has 0 fully saturated rings. The zero-order chi connectivity index (χ0) is 26.5. The van der Waals surface area contributed by atoms with Gasteiger partial charge in [-0.2, -0.15) is 0 Å². The molecule has 0 N–H and O–H groups in total. The molecule has 0 atom stereocenters. The molecule has 3 rings (SSSR count). The molecule has 0 saturated heterocycles. The van der Waals surface area contributed by atoms with E-state index in [1.54, 1.807) is 6.21 Å². The van der Waals surface area contributed by atoms with Crippen molar-refractivity contribution in [3.05, 3.63) is 95.1 Å². The second kappa shape index (κ2) is 14.9. The van der Waals surface area contributed by atoms with Crippen LogP contribution in [-0.4, -0.2) is 35.8 Å². The summed E-state index contributed by atoms with van der Waals surface area (Å²) in [5.41, 5.74) is 5.58. The first-order chi connectivity index (χ1) is 18.0. The Morgan fingerprint density at radius 3 is 1.73 bits per heavy atom. The van der Waals surface area contributed by atoms with Crippen molar-refractivity contribution in [3.63, 3.8) is 0 Å². The number of nitrogens with zero attached hydrogens (tertiary/aromatic N) is 4. The fourth-order valence-corrected chi connectivity index (χ4v) is 3.92. The van der Waals surface area contributed by atoms with Gasteiger partial charge in [0, 0.05) is 49.6 Å². The summed E-state index contributed by atoms with van der Waals surface area (Å²) < 4.78 is 0. The van der Waals surface area contributed by atoms with Gasteiger partial charge < -0.3 is 9.68 Å². The van der Waals surface area contributed by atoms with Crippen LogP contribution in [0.4, 0.5) is 0 Å². The third kappa shape index (κ3) is 9.48. The van der Waals surface area contributed by atoms with Gasteiger partial charge in [0.15, 0.2) is 11.5 Å². The van der Waals surface area contributed by atoms with Gasteiger partial charge in [0.2, 0.25) is 0 Å². The number of hydrogen-bond acceptors (Lipinski definition) is 6. The first-order valence-electron chi connectivity index (χ1n) is 13.0. The zero-order valence-electron chi connectivity index (χ0n) is 22.9. The minimum atomic E-state index is 0.679. The Bertz CT molecular complexity index is 1150. The summed E-state index contributed by atoms with van der Waals surface area (Å²) in [4.78, 5) is 16.4. The van der Waals surface area contributed by atoms with E-state index in [9.17, 15) is 0 Å². The summed E-state index contributed by atoms with van der Waals surface area (Å²) in [6.45, 7) is 9.15. The van der Waals surface area contributed by atoms with Gasteiger partial charge in [-0.3, -0.25) is 9.80 Å². The predicted octanol–water partition coefficient (Wildman–Crippen LogP) is 6.89. The summed E-state index contributed by atoms with van der Waals surface area (Å²) in [5, 5.41) is 8.51. The monoisotopic (exact) mass is 500 g/mol. The standard InChI is InChI=1S/C31H40N4O2/c1-6-18-32-36-30-20-31(37-33-25(3)7-2)29(24-35(5)22-27-16-12-9-13-17-27)19-28(30)23-34(4)21-26-14-10-8-11-15-26/h8-20H,6-7,21-24H2,1-5H3/b32-18+,33-25+. The third-order valence-electron chi connectivity index (χ3n) is 5.93. The molecule has 37 heavy (non-hydrogen) atoms. The minimum absolute atomic E-state index is 0.679. The highest BCUT2D eigenvalue weighted by Gasteiger charge is 2.17. The molecule has 0 aliphatic carbocycles. The molecule has 3 aromatic carbocycles. The molecule has 6 nitrogen and oxygen atoms in total. The van der Waals surface area contributed by atoms with Crippen LogP contribution in [0.25, 0.3) is 0 Å². The van der Waals surface area contributed by atoms with E-state index >= 15 is 0 Å². The van der Waals surface area contributed by atoms with E-state index in [1.165, 1.54) is 11.1 Å². The molecule has 0 unspecified atom stereocenters. The molecule has 3 aromatic rings. The Hall–Kier alpha value is -3.48. The summed E-state index contributed by atoms with van der Waals surface area (Å²) in [5.74, 6) is 1.36. The maximum absolute atomic E-state index is 5.96. The normalized spacial score (nSPS) is 12.0. The second-order valence-corrected chi connectivity index (χ2v) is 9.44.